The van der Waals surface area contributed by atoms with Crippen LogP contribution in [-0.2, 0) is 21.5 Å². The predicted octanol–water partition coefficient (Wildman–Crippen LogP) is 4.31. The largest absolute Gasteiger partial charge is 0.443 e. The fourth-order valence-electron chi connectivity index (χ4n) is 4.14. The Kier molecular flexibility index (Phi) is 8.10. The number of thiazole rings is 1. The van der Waals surface area contributed by atoms with E-state index in [4.69, 9.17) is 4.74 Å². The van der Waals surface area contributed by atoms with Crippen LogP contribution in [0.2, 0.25) is 0 Å². The SMILES string of the molecule is C=NCC(=O)NCc1cnc(-c2ccc(N(CC3(c4ncccc4F)CCC3)C(=O)OC(C)(C)C)nn2)s1. The van der Waals surface area contributed by atoms with Crippen LogP contribution in [0.15, 0.2) is 41.7 Å². The molecule has 0 aromatic carbocycles. The Morgan fingerprint density at radius 3 is 2.63 bits per heavy atom. The Hall–Kier alpha value is -3.80. The topological polar surface area (TPSA) is 123 Å². The van der Waals surface area contributed by atoms with Gasteiger partial charge in [-0.2, -0.15) is 0 Å². The molecule has 0 spiro atoms. The van der Waals surface area contributed by atoms with Gasteiger partial charge in [-0.05, 0) is 64.6 Å². The Morgan fingerprint density at radius 2 is 2.03 bits per heavy atom. The van der Waals surface area contributed by atoms with Crippen molar-refractivity contribution in [3.8, 4) is 10.7 Å². The number of halogens is 1. The first kappa shape index (κ1) is 27.2. The molecule has 2 amide bonds. The maximum atomic E-state index is 14.7. The van der Waals surface area contributed by atoms with Crippen molar-refractivity contribution < 1.29 is 18.7 Å². The zero-order valence-corrected chi connectivity index (χ0v) is 22.4. The summed E-state index contributed by atoms with van der Waals surface area (Å²) in [5, 5.41) is 12.0. The number of hydrogen-bond donors (Lipinski definition) is 1. The Bertz CT molecular complexity index is 1300. The number of rotatable bonds is 9. The van der Waals surface area contributed by atoms with Gasteiger partial charge < -0.3 is 10.1 Å². The molecule has 0 radical (unpaired) electrons. The van der Waals surface area contributed by atoms with Crippen LogP contribution in [0.3, 0.4) is 0 Å². The third kappa shape index (κ3) is 6.36. The van der Waals surface area contributed by atoms with Gasteiger partial charge in [-0.25, -0.2) is 14.2 Å². The van der Waals surface area contributed by atoms with E-state index in [0.717, 1.165) is 11.3 Å². The van der Waals surface area contributed by atoms with Gasteiger partial charge in [-0.3, -0.25) is 19.7 Å². The number of carbonyl (C=O) groups is 2. The molecule has 0 atom stereocenters. The molecule has 0 unspecified atom stereocenters. The van der Waals surface area contributed by atoms with Crippen molar-refractivity contribution in [2.24, 2.45) is 4.99 Å². The molecule has 1 aliphatic rings. The standard InChI is InChI=1S/C26H30FN7O3S/c1-25(2,3)37-24(36)34(16-26(10-6-11-26)22-18(27)7-5-12-29-22)20-9-8-19(32-33-20)23-31-14-17(38-23)13-30-21(35)15-28-4/h5,7-9,12,14H,4,6,10-11,13,15-16H2,1-3H3,(H,30,35). The van der Waals surface area contributed by atoms with Gasteiger partial charge in [0.1, 0.15) is 28.7 Å². The molecule has 200 valence electrons. The molecule has 3 aromatic rings. The minimum atomic E-state index is -0.736. The number of carbonyl (C=O) groups excluding carboxylic acids is 2. The number of anilines is 1. The van der Waals surface area contributed by atoms with E-state index in [-0.39, 0.29) is 24.8 Å². The van der Waals surface area contributed by atoms with E-state index in [1.807, 2.05) is 0 Å². The van der Waals surface area contributed by atoms with Crippen LogP contribution in [0, 0.1) is 5.82 Å². The van der Waals surface area contributed by atoms with Gasteiger partial charge >= 0.3 is 6.09 Å². The summed E-state index contributed by atoms with van der Waals surface area (Å²) < 4.78 is 20.4. The fourth-order valence-corrected chi connectivity index (χ4v) is 4.96. The molecule has 1 N–H and O–H groups in total. The van der Waals surface area contributed by atoms with E-state index < -0.39 is 22.9 Å². The summed E-state index contributed by atoms with van der Waals surface area (Å²) >= 11 is 1.37. The molecule has 3 heterocycles. The van der Waals surface area contributed by atoms with Crippen LogP contribution < -0.4 is 10.2 Å². The maximum Gasteiger partial charge on any atom is 0.416 e. The summed E-state index contributed by atoms with van der Waals surface area (Å²) in [5.74, 6) is -0.336. The van der Waals surface area contributed by atoms with E-state index in [2.05, 4.69) is 37.2 Å². The van der Waals surface area contributed by atoms with E-state index in [9.17, 15) is 14.0 Å². The third-order valence-corrected chi connectivity index (χ3v) is 7.08. The summed E-state index contributed by atoms with van der Waals surface area (Å²) in [6.45, 7) is 9.13. The van der Waals surface area contributed by atoms with E-state index in [1.54, 1.807) is 51.4 Å². The lowest BCUT2D eigenvalue weighted by molar-refractivity contribution is -0.119. The number of aromatic nitrogens is 4. The van der Waals surface area contributed by atoms with Crippen LogP contribution in [-0.4, -0.2) is 57.6 Å². The third-order valence-electron chi connectivity index (χ3n) is 6.06. The number of aliphatic imine (C=N–C) groups is 1. The molecule has 38 heavy (non-hydrogen) atoms. The molecular weight excluding hydrogens is 509 g/mol. The number of nitrogens with one attached hydrogen (secondary N) is 1. The van der Waals surface area contributed by atoms with Crippen molar-refractivity contribution in [3.05, 3.63) is 53.0 Å². The number of hydrogen-bond acceptors (Lipinski definition) is 9. The summed E-state index contributed by atoms with van der Waals surface area (Å²) in [7, 11) is 0. The van der Waals surface area contributed by atoms with E-state index in [1.165, 1.54) is 22.3 Å². The zero-order valence-electron chi connectivity index (χ0n) is 21.6. The highest BCUT2D eigenvalue weighted by Gasteiger charge is 2.45. The highest BCUT2D eigenvalue weighted by molar-refractivity contribution is 7.15. The van der Waals surface area contributed by atoms with Gasteiger partial charge in [-0.15, -0.1) is 21.5 Å². The van der Waals surface area contributed by atoms with Crippen molar-refractivity contribution in [1.82, 2.24) is 25.5 Å². The first-order valence-electron chi connectivity index (χ1n) is 12.2. The molecule has 0 bridgehead atoms. The normalized spacial score (nSPS) is 14.3. The molecule has 0 saturated heterocycles. The number of ether oxygens (including phenoxy) is 1. The molecular formula is C26H30FN7O3S. The van der Waals surface area contributed by atoms with Gasteiger partial charge in [0.05, 0.1) is 12.2 Å². The fraction of sp³-hybridized carbons (Fsp3) is 0.423. The summed E-state index contributed by atoms with van der Waals surface area (Å²) in [4.78, 5) is 39.4. The molecule has 10 nitrogen and oxygen atoms in total. The van der Waals surface area contributed by atoms with Gasteiger partial charge in [0.25, 0.3) is 0 Å². The average Bonchev–Trinajstić information content (AvgIpc) is 3.32. The lowest BCUT2D eigenvalue weighted by atomic mass is 9.66. The molecule has 4 rings (SSSR count). The van der Waals surface area contributed by atoms with Gasteiger partial charge in [0, 0.05) is 29.2 Å². The molecule has 12 heteroatoms. The van der Waals surface area contributed by atoms with Crippen LogP contribution in [0.4, 0.5) is 15.0 Å². The van der Waals surface area contributed by atoms with Gasteiger partial charge in [-0.1, -0.05) is 6.42 Å². The van der Waals surface area contributed by atoms with Crippen molar-refractivity contribution in [2.45, 2.75) is 57.6 Å². The Labute approximate surface area is 224 Å². The monoisotopic (exact) mass is 539 g/mol. The highest BCUT2D eigenvalue weighted by atomic mass is 32.1. The predicted molar refractivity (Wildman–Crippen MR) is 143 cm³/mol. The van der Waals surface area contributed by atoms with Crippen LogP contribution >= 0.6 is 11.3 Å². The Morgan fingerprint density at radius 1 is 1.24 bits per heavy atom. The van der Waals surface area contributed by atoms with E-state index in [0.29, 0.717) is 35.8 Å². The smallest absolute Gasteiger partial charge is 0.416 e. The molecule has 1 saturated carbocycles. The minimum Gasteiger partial charge on any atom is -0.443 e. The zero-order chi connectivity index (χ0) is 27.3. The highest BCUT2D eigenvalue weighted by Crippen LogP contribution is 2.45. The van der Waals surface area contributed by atoms with Gasteiger partial charge in [0.2, 0.25) is 5.91 Å². The number of pyridine rings is 1. The molecule has 1 fully saturated rings. The first-order chi connectivity index (χ1) is 18.1. The summed E-state index contributed by atoms with van der Waals surface area (Å²) in [6.07, 6.45) is 4.91. The first-order valence-corrected chi connectivity index (χ1v) is 13.0. The van der Waals surface area contributed by atoms with Crippen LogP contribution in [0.25, 0.3) is 10.7 Å². The van der Waals surface area contributed by atoms with Crippen LogP contribution in [0.1, 0.15) is 50.6 Å². The average molecular weight is 540 g/mol. The molecule has 0 aliphatic heterocycles. The summed E-state index contributed by atoms with van der Waals surface area (Å²) in [5.41, 5.74) is -0.517. The van der Waals surface area contributed by atoms with Crippen LogP contribution in [0.5, 0.6) is 0 Å². The summed E-state index contributed by atoms with van der Waals surface area (Å²) in [6, 6.07) is 6.33. The number of amides is 2. The van der Waals surface area contributed by atoms with Crippen molar-refractivity contribution in [3.63, 3.8) is 0 Å². The molecule has 3 aromatic heterocycles. The number of nitrogens with zero attached hydrogens (tertiary/aromatic N) is 6. The van der Waals surface area contributed by atoms with Crippen molar-refractivity contribution >= 4 is 35.9 Å². The second-order valence-electron chi connectivity index (χ2n) is 10.1. The Balaban J connectivity index is 1.57. The quantitative estimate of drug-likeness (QED) is 0.402. The lowest BCUT2D eigenvalue weighted by Crippen LogP contribution is -2.50. The van der Waals surface area contributed by atoms with Crippen molar-refractivity contribution in [1.29, 1.82) is 0 Å². The van der Waals surface area contributed by atoms with Crippen molar-refractivity contribution in [2.75, 3.05) is 18.0 Å². The second kappa shape index (κ2) is 11.3. The lowest BCUT2D eigenvalue weighted by Gasteiger charge is -2.44. The maximum absolute atomic E-state index is 14.7. The minimum absolute atomic E-state index is 0.00100. The van der Waals surface area contributed by atoms with E-state index >= 15 is 0 Å². The molecule has 1 aliphatic carbocycles. The van der Waals surface area contributed by atoms with Gasteiger partial charge in [0.15, 0.2) is 5.82 Å². The second-order valence-corrected chi connectivity index (χ2v) is 11.2.